The molecule has 2 aromatic rings. The number of amides is 2. The van der Waals surface area contributed by atoms with E-state index in [1.807, 2.05) is 52.6 Å². The van der Waals surface area contributed by atoms with Gasteiger partial charge in [-0.3, -0.25) is 9.59 Å². The van der Waals surface area contributed by atoms with Crippen molar-refractivity contribution in [3.63, 3.8) is 0 Å². The van der Waals surface area contributed by atoms with E-state index in [9.17, 15) is 9.59 Å². The fourth-order valence-electron chi connectivity index (χ4n) is 4.50. The summed E-state index contributed by atoms with van der Waals surface area (Å²) in [5.74, 6) is 0.493. The summed E-state index contributed by atoms with van der Waals surface area (Å²) in [6.07, 6.45) is 4.36. The van der Waals surface area contributed by atoms with E-state index >= 15 is 0 Å². The second-order valence-corrected chi connectivity index (χ2v) is 8.95. The van der Waals surface area contributed by atoms with Crippen molar-refractivity contribution < 1.29 is 9.59 Å². The van der Waals surface area contributed by atoms with E-state index in [1.54, 1.807) is 0 Å². The lowest BCUT2D eigenvalue weighted by atomic mass is 10.1. The third-order valence-corrected chi connectivity index (χ3v) is 6.69. The van der Waals surface area contributed by atoms with Crippen LogP contribution in [0.25, 0.3) is 5.69 Å². The SMILES string of the molecule is Cc1nn(-c2ccc(Br)cc2)c(C)c1C(=O)N1CCN(C(=O)C2CCCC2)CC1. The number of rotatable bonds is 3. The Bertz CT molecular complexity index is 908. The van der Waals surface area contributed by atoms with Gasteiger partial charge in [0.2, 0.25) is 5.91 Å². The summed E-state index contributed by atoms with van der Waals surface area (Å²) in [6.45, 7) is 6.24. The Morgan fingerprint density at radius 3 is 2.17 bits per heavy atom. The third-order valence-electron chi connectivity index (χ3n) is 6.16. The smallest absolute Gasteiger partial charge is 0.257 e. The van der Waals surface area contributed by atoms with Crippen molar-refractivity contribution in [3.05, 3.63) is 45.7 Å². The molecule has 1 aliphatic carbocycles. The fraction of sp³-hybridized carbons (Fsp3) is 0.500. The molecule has 4 rings (SSSR count). The Hall–Kier alpha value is -2.15. The molecule has 0 spiro atoms. The van der Waals surface area contributed by atoms with E-state index in [4.69, 9.17) is 0 Å². The van der Waals surface area contributed by atoms with Gasteiger partial charge in [0.25, 0.3) is 5.91 Å². The molecule has 1 aromatic heterocycles. The fourth-order valence-corrected chi connectivity index (χ4v) is 4.77. The molecule has 1 aliphatic heterocycles. The van der Waals surface area contributed by atoms with Gasteiger partial charge in [0, 0.05) is 36.6 Å². The number of nitrogens with zero attached hydrogens (tertiary/aromatic N) is 4. The quantitative estimate of drug-likeness (QED) is 0.703. The molecule has 2 heterocycles. The van der Waals surface area contributed by atoms with Gasteiger partial charge in [-0.2, -0.15) is 5.10 Å². The Morgan fingerprint density at radius 2 is 1.55 bits per heavy atom. The Balaban J connectivity index is 1.46. The molecule has 2 amide bonds. The van der Waals surface area contributed by atoms with Gasteiger partial charge in [0.05, 0.1) is 22.6 Å². The molecule has 7 heteroatoms. The van der Waals surface area contributed by atoms with Gasteiger partial charge in [-0.25, -0.2) is 4.68 Å². The number of carbonyl (C=O) groups excluding carboxylic acids is 2. The molecule has 29 heavy (non-hydrogen) atoms. The lowest BCUT2D eigenvalue weighted by molar-refractivity contribution is -0.136. The first-order valence-electron chi connectivity index (χ1n) is 10.4. The highest BCUT2D eigenvalue weighted by molar-refractivity contribution is 9.10. The van der Waals surface area contributed by atoms with Gasteiger partial charge in [-0.1, -0.05) is 28.8 Å². The van der Waals surface area contributed by atoms with Crippen LogP contribution in [0.4, 0.5) is 0 Å². The van der Waals surface area contributed by atoms with Crippen LogP contribution in [0, 0.1) is 19.8 Å². The van der Waals surface area contributed by atoms with Gasteiger partial charge >= 0.3 is 0 Å². The summed E-state index contributed by atoms with van der Waals surface area (Å²) in [4.78, 5) is 29.7. The van der Waals surface area contributed by atoms with E-state index in [-0.39, 0.29) is 17.7 Å². The summed E-state index contributed by atoms with van der Waals surface area (Å²) in [7, 11) is 0. The van der Waals surface area contributed by atoms with Crippen molar-refractivity contribution in [1.29, 1.82) is 0 Å². The van der Waals surface area contributed by atoms with Crippen LogP contribution in [0.2, 0.25) is 0 Å². The average molecular weight is 459 g/mol. The second-order valence-electron chi connectivity index (χ2n) is 8.03. The monoisotopic (exact) mass is 458 g/mol. The molecule has 6 nitrogen and oxygen atoms in total. The molecule has 2 fully saturated rings. The highest BCUT2D eigenvalue weighted by Crippen LogP contribution is 2.27. The zero-order chi connectivity index (χ0) is 20.5. The zero-order valence-electron chi connectivity index (χ0n) is 17.0. The maximum atomic E-state index is 13.2. The second kappa shape index (κ2) is 8.30. The highest BCUT2D eigenvalue weighted by atomic mass is 79.9. The van der Waals surface area contributed by atoms with Crippen LogP contribution in [-0.2, 0) is 4.79 Å². The van der Waals surface area contributed by atoms with Crippen molar-refractivity contribution in [1.82, 2.24) is 19.6 Å². The predicted molar refractivity (Wildman–Crippen MR) is 115 cm³/mol. The first-order valence-corrected chi connectivity index (χ1v) is 11.1. The van der Waals surface area contributed by atoms with Crippen molar-refractivity contribution in [3.8, 4) is 5.69 Å². The molecule has 0 N–H and O–H groups in total. The van der Waals surface area contributed by atoms with Gasteiger partial charge in [-0.15, -0.1) is 0 Å². The first kappa shape index (κ1) is 20.1. The summed E-state index contributed by atoms with van der Waals surface area (Å²) in [6, 6.07) is 7.89. The maximum Gasteiger partial charge on any atom is 0.257 e. The zero-order valence-corrected chi connectivity index (χ0v) is 18.6. The predicted octanol–water partition coefficient (Wildman–Crippen LogP) is 3.73. The van der Waals surface area contributed by atoms with E-state index in [1.165, 1.54) is 0 Å². The van der Waals surface area contributed by atoms with Gasteiger partial charge in [-0.05, 0) is 51.0 Å². The number of hydrogen-bond donors (Lipinski definition) is 0. The minimum absolute atomic E-state index is 0.0105. The van der Waals surface area contributed by atoms with Gasteiger partial charge in [0.1, 0.15) is 0 Å². The van der Waals surface area contributed by atoms with Crippen LogP contribution in [0.3, 0.4) is 0 Å². The minimum Gasteiger partial charge on any atom is -0.339 e. The number of piperazine rings is 1. The van der Waals surface area contributed by atoms with E-state index in [2.05, 4.69) is 21.0 Å². The Labute approximate surface area is 180 Å². The summed E-state index contributed by atoms with van der Waals surface area (Å²) >= 11 is 3.45. The third kappa shape index (κ3) is 3.97. The Morgan fingerprint density at radius 1 is 0.966 bits per heavy atom. The van der Waals surface area contributed by atoms with Crippen LogP contribution in [0.1, 0.15) is 47.4 Å². The number of halogens is 1. The summed E-state index contributed by atoms with van der Waals surface area (Å²) < 4.78 is 2.83. The lowest BCUT2D eigenvalue weighted by Gasteiger charge is -2.36. The standard InChI is InChI=1S/C22H27BrN4O2/c1-15-20(16(2)27(24-15)19-9-7-18(23)8-10-19)22(29)26-13-11-25(12-14-26)21(28)17-5-3-4-6-17/h7-10,17H,3-6,11-14H2,1-2H3. The molecule has 1 saturated carbocycles. The Kier molecular flexibility index (Phi) is 5.76. The van der Waals surface area contributed by atoms with E-state index < -0.39 is 0 Å². The van der Waals surface area contributed by atoms with Crippen molar-refractivity contribution in [2.24, 2.45) is 5.92 Å². The van der Waals surface area contributed by atoms with Crippen molar-refractivity contribution in [2.75, 3.05) is 26.2 Å². The number of benzene rings is 1. The first-order chi connectivity index (χ1) is 14.0. The average Bonchev–Trinajstić information content (AvgIpc) is 3.36. The molecule has 0 unspecified atom stereocenters. The topological polar surface area (TPSA) is 58.4 Å². The molecule has 2 aliphatic rings. The molecule has 0 radical (unpaired) electrons. The summed E-state index contributed by atoms with van der Waals surface area (Å²) in [5.41, 5.74) is 3.18. The van der Waals surface area contributed by atoms with Gasteiger partial charge in [0.15, 0.2) is 0 Å². The molecular formula is C22H27BrN4O2. The number of carbonyl (C=O) groups is 2. The van der Waals surface area contributed by atoms with Crippen molar-refractivity contribution >= 4 is 27.7 Å². The van der Waals surface area contributed by atoms with Crippen LogP contribution >= 0.6 is 15.9 Å². The largest absolute Gasteiger partial charge is 0.339 e. The normalized spacial score (nSPS) is 17.8. The maximum absolute atomic E-state index is 13.2. The van der Waals surface area contributed by atoms with Crippen molar-refractivity contribution in [2.45, 2.75) is 39.5 Å². The van der Waals surface area contributed by atoms with Crippen LogP contribution in [0.15, 0.2) is 28.7 Å². The molecule has 1 saturated heterocycles. The van der Waals surface area contributed by atoms with Gasteiger partial charge < -0.3 is 9.80 Å². The van der Waals surface area contributed by atoms with Crippen LogP contribution in [0.5, 0.6) is 0 Å². The number of aryl methyl sites for hydroxylation is 1. The number of aromatic nitrogens is 2. The molecule has 154 valence electrons. The number of hydrogen-bond acceptors (Lipinski definition) is 3. The van der Waals surface area contributed by atoms with E-state index in [0.29, 0.717) is 31.7 Å². The minimum atomic E-state index is 0.0105. The lowest BCUT2D eigenvalue weighted by Crippen LogP contribution is -2.51. The van der Waals surface area contributed by atoms with Crippen LogP contribution < -0.4 is 0 Å². The summed E-state index contributed by atoms with van der Waals surface area (Å²) in [5, 5.41) is 4.61. The molecule has 1 aromatic carbocycles. The molecule has 0 atom stereocenters. The van der Waals surface area contributed by atoms with Crippen LogP contribution in [-0.4, -0.2) is 57.6 Å². The highest BCUT2D eigenvalue weighted by Gasteiger charge is 2.32. The molecule has 0 bridgehead atoms. The molecular weight excluding hydrogens is 432 g/mol. The van der Waals surface area contributed by atoms with E-state index in [0.717, 1.165) is 47.2 Å².